The molecular weight excluding hydrogens is 632 g/mol. The van der Waals surface area contributed by atoms with Crippen LogP contribution in [0.4, 0.5) is 0 Å². The third-order valence-corrected chi connectivity index (χ3v) is 8.93. The van der Waals surface area contributed by atoms with E-state index < -0.39 is 106 Å². The first-order chi connectivity index (χ1) is 22.0. The SMILES string of the molecule is C=C(C(=O)O[C@H]1C(=C)[C@H](OC(C)=O)[C@H]2[C@@H](OC(=O)/C(C)=C\C)[C@@H](C)C[C@]2(O)C(=O)[C@](C)(O)/C=C\C(C)(C)[C@H](OC(C)=O)[C@@H]1O)C(C)OO. The van der Waals surface area contributed by atoms with Crippen LogP contribution in [-0.2, 0) is 47.8 Å². The van der Waals surface area contributed by atoms with E-state index in [2.05, 4.69) is 18.0 Å². The van der Waals surface area contributed by atoms with E-state index in [0.717, 1.165) is 26.8 Å². The van der Waals surface area contributed by atoms with Crippen molar-refractivity contribution in [2.45, 2.75) is 117 Å². The summed E-state index contributed by atoms with van der Waals surface area (Å²) in [7, 11) is 0. The van der Waals surface area contributed by atoms with Crippen LogP contribution < -0.4 is 0 Å². The van der Waals surface area contributed by atoms with E-state index in [1.54, 1.807) is 13.8 Å². The van der Waals surface area contributed by atoms with Crippen molar-refractivity contribution in [1.29, 1.82) is 0 Å². The largest absolute Gasteiger partial charge is 0.459 e. The van der Waals surface area contributed by atoms with E-state index in [4.69, 9.17) is 24.2 Å². The lowest BCUT2D eigenvalue weighted by Gasteiger charge is -2.44. The molecule has 14 heteroatoms. The molecule has 4 N–H and O–H groups in total. The van der Waals surface area contributed by atoms with Gasteiger partial charge in [0.1, 0.15) is 41.7 Å². The number of aliphatic hydroxyl groups excluding tert-OH is 1. The lowest BCUT2D eigenvalue weighted by molar-refractivity contribution is -0.264. The highest BCUT2D eigenvalue weighted by Gasteiger charge is 2.65. The third-order valence-electron chi connectivity index (χ3n) is 8.93. The van der Waals surface area contributed by atoms with Gasteiger partial charge in [0.25, 0.3) is 0 Å². The number of hydrogen-bond donors (Lipinski definition) is 4. The molecule has 2 aliphatic rings. The molecule has 0 bridgehead atoms. The molecule has 0 aliphatic heterocycles. The molecular formula is C34H48O14. The molecule has 48 heavy (non-hydrogen) atoms. The van der Waals surface area contributed by atoms with Crippen molar-refractivity contribution >= 4 is 29.7 Å². The fourth-order valence-corrected chi connectivity index (χ4v) is 6.05. The molecule has 0 radical (unpaired) electrons. The van der Waals surface area contributed by atoms with Crippen LogP contribution in [0.25, 0.3) is 0 Å². The first-order valence-corrected chi connectivity index (χ1v) is 15.4. The lowest BCUT2D eigenvalue weighted by atomic mass is 9.71. The number of ketones is 1. The van der Waals surface area contributed by atoms with Gasteiger partial charge in [-0.15, -0.1) is 0 Å². The Balaban J connectivity index is 3.03. The molecule has 0 spiro atoms. The highest BCUT2D eigenvalue weighted by molar-refractivity contribution is 5.97. The van der Waals surface area contributed by atoms with Gasteiger partial charge in [0.2, 0.25) is 0 Å². The fraction of sp³-hybridized carbons (Fsp3) is 0.618. The highest BCUT2D eigenvalue weighted by Crippen LogP contribution is 2.49. The molecule has 268 valence electrons. The average molecular weight is 681 g/mol. The average Bonchev–Trinajstić information content (AvgIpc) is 3.26. The van der Waals surface area contributed by atoms with Crippen LogP contribution in [0.5, 0.6) is 0 Å². The Bertz CT molecular complexity index is 1370. The zero-order valence-electron chi connectivity index (χ0n) is 28.8. The molecule has 14 nitrogen and oxygen atoms in total. The molecule has 2 rings (SSSR count). The highest BCUT2D eigenvalue weighted by atomic mass is 17.1. The minimum atomic E-state index is -2.56. The van der Waals surface area contributed by atoms with Crippen LogP contribution in [0.15, 0.2) is 48.1 Å². The van der Waals surface area contributed by atoms with Crippen molar-refractivity contribution < 1.29 is 68.4 Å². The van der Waals surface area contributed by atoms with E-state index >= 15 is 0 Å². The Morgan fingerprint density at radius 3 is 2.02 bits per heavy atom. The summed E-state index contributed by atoms with van der Waals surface area (Å²) in [6.07, 6.45) is -6.52. The summed E-state index contributed by atoms with van der Waals surface area (Å²) < 4.78 is 22.6. The van der Waals surface area contributed by atoms with Gasteiger partial charge in [0.05, 0.1) is 11.5 Å². The number of hydrogen-bond acceptors (Lipinski definition) is 14. The molecule has 1 fully saturated rings. The predicted molar refractivity (Wildman–Crippen MR) is 169 cm³/mol. The topological polar surface area (TPSA) is 212 Å². The van der Waals surface area contributed by atoms with E-state index in [-0.39, 0.29) is 12.0 Å². The molecule has 0 heterocycles. The lowest BCUT2D eigenvalue weighted by Crippen LogP contribution is -2.60. The minimum Gasteiger partial charge on any atom is -0.459 e. The summed E-state index contributed by atoms with van der Waals surface area (Å²) >= 11 is 0. The zero-order valence-corrected chi connectivity index (χ0v) is 28.8. The van der Waals surface area contributed by atoms with Crippen molar-refractivity contribution in [3.05, 3.63) is 48.1 Å². The Morgan fingerprint density at radius 2 is 1.52 bits per heavy atom. The van der Waals surface area contributed by atoms with Gasteiger partial charge in [-0.2, -0.15) is 0 Å². The monoisotopic (exact) mass is 680 g/mol. The first kappa shape index (κ1) is 40.5. The third kappa shape index (κ3) is 8.47. The second-order valence-electron chi connectivity index (χ2n) is 13.3. The summed E-state index contributed by atoms with van der Waals surface area (Å²) in [5.41, 5.74) is -7.03. The smallest absolute Gasteiger partial charge is 0.336 e. The predicted octanol–water partition coefficient (Wildman–Crippen LogP) is 2.29. The Morgan fingerprint density at radius 1 is 0.958 bits per heavy atom. The Kier molecular flexibility index (Phi) is 12.9. The maximum atomic E-state index is 14.2. The van der Waals surface area contributed by atoms with Crippen LogP contribution in [0.2, 0.25) is 0 Å². The summed E-state index contributed by atoms with van der Waals surface area (Å²) in [5.74, 6) is -7.47. The molecule has 10 atom stereocenters. The standard InChI is InChI=1S/C34H48O14/c1-12-16(2)29(38)46-25-17(3)15-34(42)23(25)26(44-21(7)35)19(5)27(47-30(39)18(4)20(6)48-43)24(37)28(45-22(8)36)32(9,10)13-14-33(11,41)31(34)40/h12-14,17,20,23-28,37,41-43H,4-5,15H2,1-3,6-11H3/b14-13-,16-12-/t17-,20?,23+,24+,25-,26-,27-,28+,33+,34+/m0/s1. The Hall–Kier alpha value is -3.69. The number of aliphatic hydroxyl groups is 3. The van der Waals surface area contributed by atoms with Crippen molar-refractivity contribution in [3.63, 3.8) is 0 Å². The summed E-state index contributed by atoms with van der Waals surface area (Å²) in [5, 5.41) is 44.8. The fourth-order valence-electron chi connectivity index (χ4n) is 6.05. The molecule has 0 aromatic rings. The normalized spacial score (nSPS) is 35.2. The zero-order chi connectivity index (χ0) is 37.1. The van der Waals surface area contributed by atoms with Gasteiger partial charge in [-0.3, -0.25) is 19.6 Å². The number of carbonyl (C=O) groups is 5. The number of Topliss-reactive ketones (excluding diaryl/α,β-unsaturated/α-hetero) is 1. The quantitative estimate of drug-likeness (QED) is 0.0724. The van der Waals surface area contributed by atoms with E-state index in [1.165, 1.54) is 39.8 Å². The van der Waals surface area contributed by atoms with Crippen molar-refractivity contribution in [3.8, 4) is 0 Å². The number of rotatable bonds is 8. The molecule has 1 unspecified atom stereocenters. The molecule has 0 amide bonds. The summed E-state index contributed by atoms with van der Waals surface area (Å²) in [6, 6.07) is 0. The first-order valence-electron chi connectivity index (χ1n) is 15.4. The number of esters is 4. The van der Waals surface area contributed by atoms with Gasteiger partial charge in [-0.05, 0) is 46.1 Å². The summed E-state index contributed by atoms with van der Waals surface area (Å²) in [4.78, 5) is 69.7. The molecule has 2 aliphatic carbocycles. The van der Waals surface area contributed by atoms with Gasteiger partial charge in [-0.25, -0.2) is 14.5 Å². The number of allylic oxidation sites excluding steroid dienone is 1. The second kappa shape index (κ2) is 15.2. The number of ether oxygens (including phenoxy) is 4. The van der Waals surface area contributed by atoms with Crippen LogP contribution in [0.1, 0.15) is 68.7 Å². The van der Waals surface area contributed by atoms with Gasteiger partial charge in [0.15, 0.2) is 11.9 Å². The van der Waals surface area contributed by atoms with E-state index in [1.807, 2.05) is 0 Å². The minimum absolute atomic E-state index is 0.183. The maximum Gasteiger partial charge on any atom is 0.336 e. The van der Waals surface area contributed by atoms with Crippen LogP contribution in [0, 0.1) is 17.3 Å². The van der Waals surface area contributed by atoms with Crippen molar-refractivity contribution in [1.82, 2.24) is 0 Å². The Labute approximate surface area is 279 Å². The van der Waals surface area contributed by atoms with E-state index in [9.17, 15) is 39.3 Å². The van der Waals surface area contributed by atoms with Crippen LogP contribution in [-0.4, -0.2) is 98.1 Å². The van der Waals surface area contributed by atoms with Crippen LogP contribution in [0.3, 0.4) is 0 Å². The molecule has 0 aromatic heterocycles. The van der Waals surface area contributed by atoms with Gasteiger partial charge in [-0.1, -0.05) is 46.1 Å². The maximum absolute atomic E-state index is 14.2. The van der Waals surface area contributed by atoms with E-state index in [0.29, 0.717) is 0 Å². The van der Waals surface area contributed by atoms with Gasteiger partial charge < -0.3 is 34.3 Å². The van der Waals surface area contributed by atoms with Gasteiger partial charge in [0, 0.05) is 30.4 Å². The second-order valence-corrected chi connectivity index (χ2v) is 13.3. The van der Waals surface area contributed by atoms with Crippen molar-refractivity contribution in [2.24, 2.45) is 17.3 Å². The summed E-state index contributed by atoms with van der Waals surface area (Å²) in [6.45, 7) is 19.6. The number of carbonyl (C=O) groups excluding carboxylic acids is 5. The molecule has 0 saturated heterocycles. The molecule has 0 aromatic carbocycles. The molecule has 1 saturated carbocycles. The van der Waals surface area contributed by atoms with Crippen LogP contribution >= 0.6 is 0 Å². The van der Waals surface area contributed by atoms with Crippen molar-refractivity contribution in [2.75, 3.05) is 0 Å². The van der Waals surface area contributed by atoms with Gasteiger partial charge >= 0.3 is 23.9 Å². The number of fused-ring (bicyclic) bond motifs is 1.